The first kappa shape index (κ1) is 15.5. The monoisotopic (exact) mass is 264 g/mol. The lowest BCUT2D eigenvalue weighted by Crippen LogP contribution is -2.53. The van der Waals surface area contributed by atoms with Crippen molar-refractivity contribution in [3.8, 4) is 0 Å². The van der Waals surface area contributed by atoms with E-state index in [2.05, 4.69) is 12.2 Å². The predicted molar refractivity (Wildman–Crippen MR) is 76.8 cm³/mol. The maximum absolute atomic E-state index is 11.6. The Hall–Kier alpha value is -1.59. The molecular weight excluding hydrogens is 242 g/mol. The van der Waals surface area contributed by atoms with Gasteiger partial charge >= 0.3 is 6.03 Å². The number of hydrogen-bond donors (Lipinski definition) is 3. The van der Waals surface area contributed by atoms with Gasteiger partial charge in [-0.05, 0) is 32.9 Å². The van der Waals surface area contributed by atoms with E-state index in [1.807, 2.05) is 44.2 Å². The van der Waals surface area contributed by atoms with Gasteiger partial charge in [0.05, 0.1) is 6.10 Å². The minimum absolute atomic E-state index is 0.356. The Bertz CT molecular complexity index is 404. The first-order chi connectivity index (χ1) is 8.82. The topological polar surface area (TPSA) is 78.6 Å². The van der Waals surface area contributed by atoms with Gasteiger partial charge in [-0.15, -0.1) is 0 Å². The molecule has 2 amide bonds. The number of aliphatic hydroxyl groups excluding tert-OH is 1. The van der Waals surface area contributed by atoms with Gasteiger partial charge in [-0.1, -0.05) is 18.2 Å². The number of nitrogens with two attached hydrogens (primary N) is 1. The fourth-order valence-electron chi connectivity index (χ4n) is 1.75. The number of nitrogens with one attached hydrogen (secondary N) is 1. The van der Waals surface area contributed by atoms with Crippen molar-refractivity contribution in [1.29, 1.82) is 0 Å². The lowest BCUT2D eigenvalue weighted by molar-refractivity contribution is 0.199. The van der Waals surface area contributed by atoms with Crippen LogP contribution in [0.2, 0.25) is 0 Å². The van der Waals surface area contributed by atoms with Crippen LogP contribution >= 0.6 is 0 Å². The Morgan fingerprint density at radius 2 is 2.05 bits per heavy atom. The normalized spacial score (nSPS) is 13.1. The number of amides is 2. The zero-order valence-corrected chi connectivity index (χ0v) is 11.5. The summed E-state index contributed by atoms with van der Waals surface area (Å²) in [6, 6.07) is 8.74. The zero-order valence-electron chi connectivity index (χ0n) is 11.5. The Kier molecular flexibility index (Phi) is 5.32. The highest BCUT2D eigenvalue weighted by Gasteiger charge is 2.24. The van der Waals surface area contributed by atoms with E-state index < -0.39 is 12.1 Å². The van der Waals surface area contributed by atoms with Crippen molar-refractivity contribution in [2.45, 2.75) is 25.5 Å². The third-order valence-electron chi connectivity index (χ3n) is 2.70. The van der Waals surface area contributed by atoms with Crippen LogP contribution in [0.4, 0.5) is 10.5 Å². The van der Waals surface area contributed by atoms with Crippen LogP contribution in [0, 0.1) is 6.92 Å². The summed E-state index contributed by atoms with van der Waals surface area (Å²) in [6.45, 7) is 8.14. The van der Waals surface area contributed by atoms with Gasteiger partial charge in [0.25, 0.3) is 0 Å². The zero-order chi connectivity index (χ0) is 14.5. The standard InChI is InChI=1S/C14H22N3O2/c1-11(18)9-16-14(2,3)10-17(13(15)19)12-7-5-4-6-8-12/h4-8,11,16,18H,1,9-10H2,2-3H3,(H2,15,19). The molecule has 1 aromatic carbocycles. The van der Waals surface area contributed by atoms with E-state index in [4.69, 9.17) is 5.73 Å². The third kappa shape index (κ3) is 5.28. The Morgan fingerprint density at radius 1 is 1.47 bits per heavy atom. The average molecular weight is 264 g/mol. The van der Waals surface area contributed by atoms with Crippen molar-refractivity contribution >= 4 is 11.7 Å². The van der Waals surface area contributed by atoms with Crippen LogP contribution in [-0.2, 0) is 0 Å². The quantitative estimate of drug-likeness (QED) is 0.721. The summed E-state index contributed by atoms with van der Waals surface area (Å²) in [7, 11) is 0. The lowest BCUT2D eigenvalue weighted by Gasteiger charge is -2.33. The van der Waals surface area contributed by atoms with Crippen molar-refractivity contribution < 1.29 is 9.90 Å². The highest BCUT2D eigenvalue weighted by Crippen LogP contribution is 2.16. The number of carbonyl (C=O) groups excluding carboxylic acids is 1. The number of rotatable bonds is 6. The van der Waals surface area contributed by atoms with E-state index in [0.29, 0.717) is 13.1 Å². The second-order valence-corrected chi connectivity index (χ2v) is 5.18. The van der Waals surface area contributed by atoms with Gasteiger partial charge in [-0.3, -0.25) is 4.90 Å². The van der Waals surface area contributed by atoms with Gasteiger partial charge in [0.1, 0.15) is 0 Å². The van der Waals surface area contributed by atoms with Gasteiger partial charge in [-0.25, -0.2) is 4.79 Å². The Balaban J connectivity index is 2.76. The largest absolute Gasteiger partial charge is 0.392 e. The minimum Gasteiger partial charge on any atom is -0.392 e. The van der Waals surface area contributed by atoms with Gasteiger partial charge in [-0.2, -0.15) is 0 Å². The van der Waals surface area contributed by atoms with Crippen LogP contribution in [0.15, 0.2) is 30.3 Å². The summed E-state index contributed by atoms with van der Waals surface area (Å²) in [6.07, 6.45) is -0.682. The number of aliphatic hydroxyl groups is 1. The van der Waals surface area contributed by atoms with Crippen LogP contribution in [0.3, 0.4) is 0 Å². The van der Waals surface area contributed by atoms with Crippen LogP contribution in [-0.4, -0.2) is 35.9 Å². The molecule has 0 spiro atoms. The Morgan fingerprint density at radius 3 is 2.53 bits per heavy atom. The molecule has 1 atom stereocenters. The summed E-state index contributed by atoms with van der Waals surface area (Å²) in [5.41, 5.74) is 5.79. The molecule has 1 radical (unpaired) electrons. The molecule has 0 saturated heterocycles. The molecule has 0 heterocycles. The molecule has 1 aromatic rings. The van der Waals surface area contributed by atoms with Gasteiger partial charge in [0.2, 0.25) is 0 Å². The first-order valence-corrected chi connectivity index (χ1v) is 6.20. The molecule has 4 N–H and O–H groups in total. The molecule has 1 unspecified atom stereocenters. The summed E-state index contributed by atoms with van der Waals surface area (Å²) in [4.78, 5) is 13.1. The molecule has 0 aliphatic rings. The number of primary amides is 1. The van der Waals surface area contributed by atoms with E-state index >= 15 is 0 Å². The molecule has 0 aliphatic heterocycles. The Labute approximate surface area is 114 Å². The summed E-state index contributed by atoms with van der Waals surface area (Å²) < 4.78 is 0. The molecule has 5 nitrogen and oxygen atoms in total. The van der Waals surface area contributed by atoms with Crippen molar-refractivity contribution in [1.82, 2.24) is 5.32 Å². The number of β-amino-alcohol motifs (C(OH)–C–C–N with tert-alkyl or cyclic N) is 1. The van der Waals surface area contributed by atoms with Crippen molar-refractivity contribution in [2.24, 2.45) is 5.73 Å². The lowest BCUT2D eigenvalue weighted by atomic mass is 10.0. The fraction of sp³-hybridized carbons (Fsp3) is 0.429. The number of urea groups is 1. The van der Waals surface area contributed by atoms with Crippen LogP contribution in [0.1, 0.15) is 13.8 Å². The minimum atomic E-state index is -0.682. The van der Waals surface area contributed by atoms with Crippen LogP contribution in [0.5, 0.6) is 0 Å². The molecule has 0 fully saturated rings. The third-order valence-corrected chi connectivity index (χ3v) is 2.70. The van der Waals surface area contributed by atoms with Crippen LogP contribution < -0.4 is 16.0 Å². The maximum atomic E-state index is 11.6. The molecule has 0 aromatic heterocycles. The molecule has 0 aliphatic carbocycles. The second kappa shape index (κ2) is 6.54. The SMILES string of the molecule is [CH2]C(O)CNC(C)(C)CN(C(N)=O)c1ccccc1. The van der Waals surface area contributed by atoms with E-state index in [1.165, 1.54) is 4.90 Å². The van der Waals surface area contributed by atoms with Gasteiger partial charge in [0, 0.05) is 24.3 Å². The number of anilines is 1. The molecule has 5 heteroatoms. The molecule has 1 rings (SSSR count). The average Bonchev–Trinajstić information content (AvgIpc) is 2.35. The molecular formula is C14H22N3O2. The van der Waals surface area contributed by atoms with E-state index in [0.717, 1.165) is 5.69 Å². The smallest absolute Gasteiger partial charge is 0.319 e. The number of nitrogens with zero attached hydrogens (tertiary/aromatic N) is 1. The van der Waals surface area contributed by atoms with E-state index in [1.54, 1.807) is 0 Å². The van der Waals surface area contributed by atoms with E-state index in [9.17, 15) is 9.90 Å². The summed E-state index contributed by atoms with van der Waals surface area (Å²) >= 11 is 0. The maximum Gasteiger partial charge on any atom is 0.319 e. The molecule has 0 saturated carbocycles. The van der Waals surface area contributed by atoms with Crippen molar-refractivity contribution in [2.75, 3.05) is 18.0 Å². The highest BCUT2D eigenvalue weighted by molar-refractivity contribution is 5.90. The fourth-order valence-corrected chi connectivity index (χ4v) is 1.75. The van der Waals surface area contributed by atoms with Gasteiger partial charge < -0.3 is 16.2 Å². The molecule has 0 bridgehead atoms. The number of para-hydroxylation sites is 1. The number of hydrogen-bond acceptors (Lipinski definition) is 3. The second-order valence-electron chi connectivity index (χ2n) is 5.18. The molecule has 19 heavy (non-hydrogen) atoms. The van der Waals surface area contributed by atoms with Crippen molar-refractivity contribution in [3.05, 3.63) is 37.3 Å². The summed E-state index contributed by atoms with van der Waals surface area (Å²) in [5, 5.41) is 12.3. The van der Waals surface area contributed by atoms with Gasteiger partial charge in [0.15, 0.2) is 0 Å². The number of benzene rings is 1. The number of carbonyl (C=O) groups is 1. The molecule has 105 valence electrons. The first-order valence-electron chi connectivity index (χ1n) is 6.20. The summed E-state index contributed by atoms with van der Waals surface area (Å²) in [5.74, 6) is 0. The van der Waals surface area contributed by atoms with Crippen LogP contribution in [0.25, 0.3) is 0 Å². The van der Waals surface area contributed by atoms with Crippen molar-refractivity contribution in [3.63, 3.8) is 0 Å². The highest BCUT2D eigenvalue weighted by atomic mass is 16.3. The predicted octanol–water partition coefficient (Wildman–Crippen LogP) is 1.13. The van der Waals surface area contributed by atoms with E-state index in [-0.39, 0.29) is 5.54 Å².